The molecule has 0 aliphatic carbocycles. The van der Waals surface area contributed by atoms with Crippen LogP contribution in [0.3, 0.4) is 0 Å². The van der Waals surface area contributed by atoms with Crippen molar-refractivity contribution in [2.45, 2.75) is 26.3 Å². The van der Waals surface area contributed by atoms with Gasteiger partial charge in [0.25, 0.3) is 0 Å². The van der Waals surface area contributed by atoms with Gasteiger partial charge in [0.2, 0.25) is 0 Å². The summed E-state index contributed by atoms with van der Waals surface area (Å²) in [5, 5.41) is 5.80. The third-order valence-electron chi connectivity index (χ3n) is 4.56. The fourth-order valence-electron chi connectivity index (χ4n) is 3.00. The monoisotopic (exact) mass is 403 g/mol. The second-order valence-electron chi connectivity index (χ2n) is 6.89. The van der Waals surface area contributed by atoms with E-state index < -0.39 is 0 Å². The molecule has 2 amide bonds. The van der Waals surface area contributed by atoms with Crippen LogP contribution in [0.5, 0.6) is 0 Å². The number of benzene rings is 2. The lowest BCUT2D eigenvalue weighted by molar-refractivity contribution is 0.0526. The van der Waals surface area contributed by atoms with Crippen LogP contribution in [0.15, 0.2) is 72.9 Å². The first-order valence-corrected chi connectivity index (χ1v) is 9.86. The van der Waals surface area contributed by atoms with E-state index in [1.165, 1.54) is 5.56 Å². The Kier molecular flexibility index (Phi) is 7.16. The molecule has 0 bridgehead atoms. The number of anilines is 1. The predicted molar refractivity (Wildman–Crippen MR) is 116 cm³/mol. The van der Waals surface area contributed by atoms with E-state index in [9.17, 15) is 9.59 Å². The first-order chi connectivity index (χ1) is 14.5. The highest BCUT2D eigenvalue weighted by Gasteiger charge is 2.17. The number of aromatic nitrogens is 1. The van der Waals surface area contributed by atoms with Gasteiger partial charge < -0.3 is 15.4 Å². The molecule has 0 saturated heterocycles. The number of carbonyl (C=O) groups excluding carboxylic acids is 2. The van der Waals surface area contributed by atoms with Crippen molar-refractivity contribution in [1.82, 2.24) is 10.3 Å². The number of esters is 1. The number of carbonyl (C=O) groups is 2. The number of rotatable bonds is 7. The summed E-state index contributed by atoms with van der Waals surface area (Å²) in [4.78, 5) is 28.8. The summed E-state index contributed by atoms with van der Waals surface area (Å²) in [6.45, 7) is 4.11. The van der Waals surface area contributed by atoms with E-state index in [0.717, 1.165) is 11.3 Å². The van der Waals surface area contributed by atoms with E-state index in [1.54, 1.807) is 37.4 Å². The Morgan fingerprint density at radius 3 is 2.37 bits per heavy atom. The van der Waals surface area contributed by atoms with Gasteiger partial charge in [-0.25, -0.2) is 9.59 Å². The van der Waals surface area contributed by atoms with E-state index in [-0.39, 0.29) is 18.0 Å². The van der Waals surface area contributed by atoms with Crippen molar-refractivity contribution < 1.29 is 14.3 Å². The highest BCUT2D eigenvalue weighted by Crippen LogP contribution is 2.18. The van der Waals surface area contributed by atoms with Crippen molar-refractivity contribution in [3.63, 3.8) is 0 Å². The molecule has 0 saturated carbocycles. The summed E-state index contributed by atoms with van der Waals surface area (Å²) < 4.78 is 4.97. The molecule has 2 aromatic carbocycles. The summed E-state index contributed by atoms with van der Waals surface area (Å²) in [5.41, 5.74) is 4.09. The maximum Gasteiger partial charge on any atom is 0.338 e. The number of pyridine rings is 1. The number of urea groups is 1. The SMILES string of the molecule is CCOC(=O)c1ccc(NC(=O)NC(Cc2ccc(C)cc2)c2ccccn2)cc1. The van der Waals surface area contributed by atoms with Crippen LogP contribution in [0.2, 0.25) is 0 Å². The predicted octanol–water partition coefficient (Wildman–Crippen LogP) is 4.67. The van der Waals surface area contributed by atoms with Crippen LogP contribution in [-0.2, 0) is 11.2 Å². The minimum Gasteiger partial charge on any atom is -0.462 e. The van der Waals surface area contributed by atoms with Crippen molar-refractivity contribution in [2.75, 3.05) is 11.9 Å². The number of amides is 2. The number of hydrogen-bond donors (Lipinski definition) is 2. The quantitative estimate of drug-likeness (QED) is 0.562. The van der Waals surface area contributed by atoms with Crippen molar-refractivity contribution in [1.29, 1.82) is 0 Å². The molecule has 154 valence electrons. The number of aryl methyl sites for hydroxylation is 1. The fourth-order valence-corrected chi connectivity index (χ4v) is 3.00. The summed E-state index contributed by atoms with van der Waals surface area (Å²) in [6.07, 6.45) is 2.33. The molecule has 3 rings (SSSR count). The van der Waals surface area contributed by atoms with Crippen LogP contribution in [0.25, 0.3) is 0 Å². The van der Waals surface area contributed by atoms with Gasteiger partial charge in [-0.2, -0.15) is 0 Å². The van der Waals surface area contributed by atoms with E-state index >= 15 is 0 Å². The third-order valence-corrected chi connectivity index (χ3v) is 4.56. The fraction of sp³-hybridized carbons (Fsp3) is 0.208. The molecule has 1 atom stereocenters. The topological polar surface area (TPSA) is 80.3 Å². The van der Waals surface area contributed by atoms with Gasteiger partial charge in [-0.15, -0.1) is 0 Å². The van der Waals surface area contributed by atoms with Gasteiger partial charge in [0.15, 0.2) is 0 Å². The zero-order chi connectivity index (χ0) is 21.3. The Morgan fingerprint density at radius 1 is 1.00 bits per heavy atom. The molecule has 0 aliphatic heterocycles. The molecule has 6 nitrogen and oxygen atoms in total. The molecular weight excluding hydrogens is 378 g/mol. The molecule has 1 aromatic heterocycles. The average molecular weight is 403 g/mol. The highest BCUT2D eigenvalue weighted by molar-refractivity contribution is 5.92. The second kappa shape index (κ2) is 10.2. The lowest BCUT2D eigenvalue weighted by atomic mass is 10.0. The van der Waals surface area contributed by atoms with Gasteiger partial charge >= 0.3 is 12.0 Å². The molecule has 30 heavy (non-hydrogen) atoms. The maximum absolute atomic E-state index is 12.6. The van der Waals surface area contributed by atoms with Crippen LogP contribution in [0.1, 0.15) is 40.1 Å². The number of ether oxygens (including phenoxy) is 1. The van der Waals surface area contributed by atoms with E-state index in [2.05, 4.69) is 39.9 Å². The Morgan fingerprint density at radius 2 is 1.73 bits per heavy atom. The van der Waals surface area contributed by atoms with E-state index in [0.29, 0.717) is 24.3 Å². The molecule has 6 heteroatoms. The van der Waals surface area contributed by atoms with Crippen molar-refractivity contribution in [2.24, 2.45) is 0 Å². The molecule has 0 radical (unpaired) electrons. The number of hydrogen-bond acceptors (Lipinski definition) is 4. The molecule has 0 fully saturated rings. The van der Waals surface area contributed by atoms with Gasteiger partial charge in [0, 0.05) is 11.9 Å². The minimum absolute atomic E-state index is 0.285. The minimum atomic E-state index is -0.387. The van der Waals surface area contributed by atoms with Gasteiger partial charge in [-0.05, 0) is 62.2 Å². The molecule has 1 unspecified atom stereocenters. The second-order valence-corrected chi connectivity index (χ2v) is 6.89. The van der Waals surface area contributed by atoms with Crippen LogP contribution < -0.4 is 10.6 Å². The molecule has 0 spiro atoms. The van der Waals surface area contributed by atoms with Crippen LogP contribution >= 0.6 is 0 Å². The molecule has 2 N–H and O–H groups in total. The lowest BCUT2D eigenvalue weighted by Crippen LogP contribution is -2.34. The smallest absolute Gasteiger partial charge is 0.338 e. The number of nitrogens with zero attached hydrogens (tertiary/aromatic N) is 1. The summed E-state index contributed by atoms with van der Waals surface area (Å²) >= 11 is 0. The first-order valence-electron chi connectivity index (χ1n) is 9.86. The van der Waals surface area contributed by atoms with Crippen LogP contribution in [0.4, 0.5) is 10.5 Å². The van der Waals surface area contributed by atoms with E-state index in [4.69, 9.17) is 4.74 Å². The Hall–Kier alpha value is -3.67. The first kappa shape index (κ1) is 21.0. The highest BCUT2D eigenvalue weighted by atomic mass is 16.5. The zero-order valence-electron chi connectivity index (χ0n) is 17.1. The summed E-state index contributed by atoms with van der Waals surface area (Å²) in [7, 11) is 0. The van der Waals surface area contributed by atoms with E-state index in [1.807, 2.05) is 25.1 Å². The van der Waals surface area contributed by atoms with Crippen molar-refractivity contribution in [3.8, 4) is 0 Å². The zero-order valence-corrected chi connectivity index (χ0v) is 17.1. The normalized spacial score (nSPS) is 11.4. The summed E-state index contributed by atoms with van der Waals surface area (Å²) in [5.74, 6) is -0.387. The van der Waals surface area contributed by atoms with Crippen molar-refractivity contribution >= 4 is 17.7 Å². The van der Waals surface area contributed by atoms with Crippen molar-refractivity contribution in [3.05, 3.63) is 95.3 Å². The van der Waals surface area contributed by atoms with Gasteiger partial charge in [-0.3, -0.25) is 4.98 Å². The van der Waals surface area contributed by atoms with Crippen LogP contribution in [0, 0.1) is 6.92 Å². The average Bonchev–Trinajstić information content (AvgIpc) is 2.76. The standard InChI is InChI=1S/C24H25N3O3/c1-3-30-23(28)19-11-13-20(14-12-19)26-24(29)27-22(21-6-4-5-15-25-21)16-18-9-7-17(2)8-10-18/h4-15,22H,3,16H2,1-2H3,(H2,26,27,29). The Balaban J connectivity index is 1.68. The Labute approximate surface area is 176 Å². The molecule has 0 aliphatic rings. The summed E-state index contributed by atoms with van der Waals surface area (Å²) in [6, 6.07) is 19.8. The molecular formula is C24H25N3O3. The molecule has 3 aromatic rings. The lowest BCUT2D eigenvalue weighted by Gasteiger charge is -2.19. The van der Waals surface area contributed by atoms with Gasteiger partial charge in [0.1, 0.15) is 0 Å². The van der Waals surface area contributed by atoms with Gasteiger partial charge in [-0.1, -0.05) is 35.9 Å². The molecule has 1 heterocycles. The van der Waals surface area contributed by atoms with Crippen LogP contribution in [-0.4, -0.2) is 23.6 Å². The number of nitrogens with one attached hydrogen (secondary N) is 2. The Bertz CT molecular complexity index is 971. The third kappa shape index (κ3) is 5.91. The van der Waals surface area contributed by atoms with Gasteiger partial charge in [0.05, 0.1) is 23.9 Å². The maximum atomic E-state index is 12.6. The largest absolute Gasteiger partial charge is 0.462 e.